The van der Waals surface area contributed by atoms with E-state index >= 15 is 0 Å². The lowest BCUT2D eigenvalue weighted by Gasteiger charge is -2.46. The van der Waals surface area contributed by atoms with E-state index in [4.69, 9.17) is 16.3 Å². The van der Waals surface area contributed by atoms with Crippen LogP contribution < -0.4 is 4.74 Å². The molecule has 2 saturated heterocycles. The van der Waals surface area contributed by atoms with Crippen molar-refractivity contribution < 1.29 is 13.9 Å². The van der Waals surface area contributed by atoms with Crippen LogP contribution >= 0.6 is 11.6 Å². The summed E-state index contributed by atoms with van der Waals surface area (Å²) in [7, 11) is 1.48. The number of halogens is 2. The predicted molar refractivity (Wildman–Crippen MR) is 116 cm³/mol. The van der Waals surface area contributed by atoms with Gasteiger partial charge in [0, 0.05) is 30.2 Å². The van der Waals surface area contributed by atoms with E-state index in [0.717, 1.165) is 56.4 Å². The molecule has 0 radical (unpaired) electrons. The molecule has 2 aliphatic heterocycles. The maximum absolute atomic E-state index is 14.2. The molecule has 0 aromatic heterocycles. The summed E-state index contributed by atoms with van der Waals surface area (Å²) in [4.78, 5) is 17.5. The van der Waals surface area contributed by atoms with Gasteiger partial charge >= 0.3 is 0 Å². The van der Waals surface area contributed by atoms with Crippen molar-refractivity contribution in [1.82, 2.24) is 9.80 Å². The molecule has 4 rings (SSSR count). The maximum atomic E-state index is 14.2. The first kappa shape index (κ1) is 21.1. The quantitative estimate of drug-likeness (QED) is 0.690. The molecule has 0 N–H and O–H groups in total. The lowest BCUT2D eigenvalue weighted by molar-refractivity contribution is -0.134. The van der Waals surface area contributed by atoms with Crippen molar-refractivity contribution >= 4 is 17.5 Å². The minimum atomic E-state index is -0.327. The molecule has 2 aromatic carbocycles. The second kappa shape index (κ2) is 8.94. The first-order valence-corrected chi connectivity index (χ1v) is 11.0. The van der Waals surface area contributed by atoms with E-state index in [-0.39, 0.29) is 23.0 Å². The van der Waals surface area contributed by atoms with Gasteiger partial charge in [0.15, 0.2) is 11.6 Å². The molecule has 2 fully saturated rings. The van der Waals surface area contributed by atoms with Crippen LogP contribution in [-0.2, 0) is 17.8 Å². The summed E-state index contributed by atoms with van der Waals surface area (Å²) in [5.74, 6) is 0.108. The summed E-state index contributed by atoms with van der Waals surface area (Å²) in [6.07, 6.45) is 4.67. The van der Waals surface area contributed by atoms with Crippen molar-refractivity contribution in [1.29, 1.82) is 0 Å². The van der Waals surface area contributed by atoms with E-state index in [1.807, 2.05) is 35.2 Å². The average Bonchev–Trinajstić information content (AvgIpc) is 3.11. The van der Waals surface area contributed by atoms with Crippen LogP contribution in [-0.4, -0.2) is 48.0 Å². The molecule has 1 spiro atoms. The van der Waals surface area contributed by atoms with Gasteiger partial charge in [0.25, 0.3) is 0 Å². The van der Waals surface area contributed by atoms with Gasteiger partial charge in [0.1, 0.15) is 0 Å². The Kier molecular flexibility index (Phi) is 6.30. The predicted octanol–water partition coefficient (Wildman–Crippen LogP) is 4.69. The van der Waals surface area contributed by atoms with Crippen molar-refractivity contribution in [3.63, 3.8) is 0 Å². The molecule has 0 aliphatic carbocycles. The third-order valence-corrected chi connectivity index (χ3v) is 6.76. The van der Waals surface area contributed by atoms with Gasteiger partial charge in [-0.25, -0.2) is 4.39 Å². The zero-order valence-corrected chi connectivity index (χ0v) is 18.1. The Morgan fingerprint density at radius 2 is 1.80 bits per heavy atom. The molecular formula is C24H28ClFN2O2. The first-order valence-electron chi connectivity index (χ1n) is 10.6. The van der Waals surface area contributed by atoms with Crippen LogP contribution in [0.3, 0.4) is 0 Å². The molecule has 2 aliphatic rings. The summed E-state index contributed by atoms with van der Waals surface area (Å²) < 4.78 is 19.2. The van der Waals surface area contributed by atoms with E-state index < -0.39 is 0 Å². The zero-order valence-electron chi connectivity index (χ0n) is 17.4. The minimum Gasteiger partial charge on any atom is -0.494 e. The number of rotatable bonds is 5. The Bertz CT molecular complexity index is 905. The number of methoxy groups -OCH3 is 1. The number of piperidine rings is 1. The monoisotopic (exact) mass is 430 g/mol. The van der Waals surface area contributed by atoms with Crippen LogP contribution in [0.5, 0.6) is 5.75 Å². The van der Waals surface area contributed by atoms with E-state index in [2.05, 4.69) is 4.90 Å². The van der Waals surface area contributed by atoms with E-state index in [1.165, 1.54) is 7.11 Å². The molecule has 4 nitrogen and oxygen atoms in total. The summed E-state index contributed by atoms with van der Waals surface area (Å²) >= 11 is 5.96. The van der Waals surface area contributed by atoms with Crippen molar-refractivity contribution in [2.45, 2.75) is 44.2 Å². The molecule has 160 valence electrons. The maximum Gasteiger partial charge on any atom is 0.227 e. The number of amides is 1. The van der Waals surface area contributed by atoms with Crippen LogP contribution in [0.1, 0.15) is 36.8 Å². The van der Waals surface area contributed by atoms with Gasteiger partial charge in [-0.3, -0.25) is 9.69 Å². The molecule has 2 heterocycles. The number of hydrogen-bond acceptors (Lipinski definition) is 3. The topological polar surface area (TPSA) is 32.8 Å². The van der Waals surface area contributed by atoms with Gasteiger partial charge in [-0.15, -0.1) is 0 Å². The van der Waals surface area contributed by atoms with E-state index in [1.54, 1.807) is 12.1 Å². The summed E-state index contributed by atoms with van der Waals surface area (Å²) in [6, 6.07) is 12.7. The van der Waals surface area contributed by atoms with Gasteiger partial charge < -0.3 is 9.64 Å². The van der Waals surface area contributed by atoms with Gasteiger partial charge in [0.2, 0.25) is 5.91 Å². The Morgan fingerprint density at radius 1 is 1.10 bits per heavy atom. The van der Waals surface area contributed by atoms with Gasteiger partial charge in [-0.05, 0) is 67.6 Å². The number of ether oxygens (including phenoxy) is 1. The van der Waals surface area contributed by atoms with Crippen molar-refractivity contribution in [3.8, 4) is 5.75 Å². The number of carbonyl (C=O) groups is 1. The molecule has 30 heavy (non-hydrogen) atoms. The fraction of sp³-hybridized carbons (Fsp3) is 0.458. The second-order valence-electron chi connectivity index (χ2n) is 8.44. The SMILES string of the molecule is COc1ccc(CN2CCC[C@@]23CCCN(C(=O)Cc2ccc(Cl)cc2)C3)cc1F. The standard InChI is InChI=1S/C24H28ClFN2O2/c1-30-22-9-6-19(14-21(22)26)16-28-13-3-11-24(28)10-2-12-27(17-24)23(29)15-18-4-7-20(25)8-5-18/h4-9,14H,2-3,10-13,15-17H2,1H3/t24-/m1/s1. The van der Waals surface area contributed by atoms with Crippen LogP contribution in [0.4, 0.5) is 4.39 Å². The van der Waals surface area contributed by atoms with Crippen molar-refractivity contribution in [3.05, 3.63) is 64.4 Å². The molecule has 0 unspecified atom stereocenters. The highest BCUT2D eigenvalue weighted by atomic mass is 35.5. The molecule has 0 bridgehead atoms. The molecule has 1 amide bonds. The fourth-order valence-electron chi connectivity index (χ4n) is 4.95. The third-order valence-electron chi connectivity index (χ3n) is 6.51. The van der Waals surface area contributed by atoms with Gasteiger partial charge in [-0.2, -0.15) is 0 Å². The summed E-state index contributed by atoms with van der Waals surface area (Å²) in [6.45, 7) is 3.23. The largest absolute Gasteiger partial charge is 0.494 e. The average molecular weight is 431 g/mol. The highest BCUT2D eigenvalue weighted by Crippen LogP contribution is 2.38. The lowest BCUT2D eigenvalue weighted by Crippen LogP contribution is -2.56. The highest BCUT2D eigenvalue weighted by Gasteiger charge is 2.44. The molecule has 1 atom stereocenters. The summed E-state index contributed by atoms with van der Waals surface area (Å²) in [5.41, 5.74) is 1.92. The normalized spacial score (nSPS) is 21.9. The Balaban J connectivity index is 1.45. The number of hydrogen-bond donors (Lipinski definition) is 0. The van der Waals surface area contributed by atoms with E-state index in [0.29, 0.717) is 18.0 Å². The number of nitrogens with zero attached hydrogens (tertiary/aromatic N) is 2. The minimum absolute atomic E-state index is 0.00961. The van der Waals surface area contributed by atoms with Crippen molar-refractivity contribution in [2.24, 2.45) is 0 Å². The van der Waals surface area contributed by atoms with Crippen LogP contribution in [0.15, 0.2) is 42.5 Å². The van der Waals surface area contributed by atoms with Crippen LogP contribution in [0.2, 0.25) is 5.02 Å². The second-order valence-corrected chi connectivity index (χ2v) is 8.88. The molecule has 0 saturated carbocycles. The smallest absolute Gasteiger partial charge is 0.227 e. The Labute approximate surface area is 182 Å². The highest BCUT2D eigenvalue weighted by molar-refractivity contribution is 6.30. The third kappa shape index (κ3) is 4.47. The van der Waals surface area contributed by atoms with E-state index in [9.17, 15) is 9.18 Å². The molecule has 2 aromatic rings. The summed E-state index contributed by atoms with van der Waals surface area (Å²) in [5, 5.41) is 0.680. The zero-order chi connectivity index (χ0) is 21.1. The lowest BCUT2D eigenvalue weighted by atomic mass is 9.86. The number of benzene rings is 2. The Hall–Kier alpha value is -2.11. The number of carbonyl (C=O) groups excluding carboxylic acids is 1. The van der Waals surface area contributed by atoms with Gasteiger partial charge in [0.05, 0.1) is 13.5 Å². The number of likely N-dealkylation sites (tertiary alicyclic amines) is 2. The van der Waals surface area contributed by atoms with Gasteiger partial charge in [-0.1, -0.05) is 29.8 Å². The van der Waals surface area contributed by atoms with Crippen LogP contribution in [0, 0.1) is 5.82 Å². The first-order chi connectivity index (χ1) is 14.5. The van der Waals surface area contributed by atoms with Crippen LogP contribution in [0.25, 0.3) is 0 Å². The van der Waals surface area contributed by atoms with Crippen molar-refractivity contribution in [2.75, 3.05) is 26.7 Å². The Morgan fingerprint density at radius 3 is 2.50 bits per heavy atom. The molecule has 6 heteroatoms. The fourth-order valence-corrected chi connectivity index (χ4v) is 5.07. The molecular weight excluding hydrogens is 403 g/mol.